The highest BCUT2D eigenvalue weighted by Crippen LogP contribution is 2.29. The van der Waals surface area contributed by atoms with Crippen molar-refractivity contribution in [2.45, 2.75) is 12.6 Å². The summed E-state index contributed by atoms with van der Waals surface area (Å²) in [6.07, 6.45) is -3.50. The van der Waals surface area contributed by atoms with Gasteiger partial charge >= 0.3 is 6.18 Å². The van der Waals surface area contributed by atoms with E-state index >= 15 is 0 Å². The average Bonchev–Trinajstić information content (AvgIpc) is 2.14. The summed E-state index contributed by atoms with van der Waals surface area (Å²) in [5.41, 5.74) is 0.311. The van der Waals surface area contributed by atoms with E-state index in [-0.39, 0.29) is 0 Å². The third-order valence-corrected chi connectivity index (χ3v) is 2.33. The molecular formula is C9H9F3IN. The Morgan fingerprint density at radius 2 is 1.71 bits per heavy atom. The molecule has 0 atom stereocenters. The van der Waals surface area contributed by atoms with Gasteiger partial charge in [0.1, 0.15) is 0 Å². The number of rotatable bonds is 3. The van der Waals surface area contributed by atoms with Gasteiger partial charge in [-0.05, 0) is 24.1 Å². The van der Waals surface area contributed by atoms with E-state index < -0.39 is 11.7 Å². The highest BCUT2D eigenvalue weighted by atomic mass is 127. The molecule has 0 fully saturated rings. The van der Waals surface area contributed by atoms with E-state index in [2.05, 4.69) is 3.53 Å². The molecule has 0 spiro atoms. The Labute approximate surface area is 94.2 Å². The van der Waals surface area contributed by atoms with Crippen LogP contribution in [0.1, 0.15) is 11.1 Å². The van der Waals surface area contributed by atoms with Crippen LogP contribution in [0.5, 0.6) is 0 Å². The molecule has 1 aromatic carbocycles. The van der Waals surface area contributed by atoms with Crippen molar-refractivity contribution in [3.63, 3.8) is 0 Å². The SMILES string of the molecule is FC(F)(F)c1ccc(CCNI)cc1. The van der Waals surface area contributed by atoms with Crippen LogP contribution in [0.25, 0.3) is 0 Å². The van der Waals surface area contributed by atoms with Gasteiger partial charge in [0, 0.05) is 29.4 Å². The van der Waals surface area contributed by atoms with Gasteiger partial charge in [-0.15, -0.1) is 0 Å². The lowest BCUT2D eigenvalue weighted by Gasteiger charge is -2.07. The Balaban J connectivity index is 2.69. The molecule has 0 unspecified atom stereocenters. The minimum atomic E-state index is -4.24. The number of alkyl halides is 3. The van der Waals surface area contributed by atoms with Gasteiger partial charge in [0.15, 0.2) is 0 Å². The first-order chi connectivity index (χ1) is 6.54. The molecule has 1 nitrogen and oxygen atoms in total. The molecule has 0 aliphatic rings. The summed E-state index contributed by atoms with van der Waals surface area (Å²) >= 11 is 2.00. The lowest BCUT2D eigenvalue weighted by molar-refractivity contribution is -0.137. The van der Waals surface area contributed by atoms with Crippen molar-refractivity contribution in [1.29, 1.82) is 0 Å². The number of hydrogen-bond acceptors (Lipinski definition) is 1. The molecule has 0 amide bonds. The van der Waals surface area contributed by atoms with Crippen LogP contribution in [0.3, 0.4) is 0 Å². The Morgan fingerprint density at radius 3 is 2.14 bits per heavy atom. The lowest BCUT2D eigenvalue weighted by Crippen LogP contribution is -2.06. The second-order valence-corrected chi connectivity index (χ2v) is 3.59. The van der Waals surface area contributed by atoms with Gasteiger partial charge in [0.2, 0.25) is 0 Å². The third kappa shape index (κ3) is 3.45. The monoisotopic (exact) mass is 315 g/mol. The fraction of sp³-hybridized carbons (Fsp3) is 0.333. The zero-order valence-corrected chi connectivity index (χ0v) is 9.39. The Hall–Kier alpha value is -0.300. The fourth-order valence-electron chi connectivity index (χ4n) is 1.05. The smallest absolute Gasteiger partial charge is 0.261 e. The highest BCUT2D eigenvalue weighted by Gasteiger charge is 2.29. The number of nitrogens with one attached hydrogen (secondary N) is 1. The largest absolute Gasteiger partial charge is 0.416 e. The zero-order chi connectivity index (χ0) is 10.6. The summed E-state index contributed by atoms with van der Waals surface area (Å²) in [6, 6.07) is 5.25. The first kappa shape index (κ1) is 11.8. The quantitative estimate of drug-likeness (QED) is 0.667. The van der Waals surface area contributed by atoms with Crippen molar-refractivity contribution in [2.75, 3.05) is 6.54 Å². The van der Waals surface area contributed by atoms with Crippen LogP contribution in [-0.4, -0.2) is 6.54 Å². The van der Waals surface area contributed by atoms with E-state index in [0.717, 1.165) is 30.7 Å². The maximum Gasteiger partial charge on any atom is 0.416 e. The summed E-state index contributed by atoms with van der Waals surface area (Å²) in [7, 11) is 0. The molecule has 0 bridgehead atoms. The van der Waals surface area contributed by atoms with Crippen LogP contribution in [0.4, 0.5) is 13.2 Å². The van der Waals surface area contributed by atoms with Crippen molar-refractivity contribution in [3.8, 4) is 0 Å². The van der Waals surface area contributed by atoms with Crippen molar-refractivity contribution >= 4 is 22.9 Å². The van der Waals surface area contributed by atoms with Crippen LogP contribution < -0.4 is 3.53 Å². The van der Waals surface area contributed by atoms with Crippen LogP contribution in [0.2, 0.25) is 0 Å². The second-order valence-electron chi connectivity index (χ2n) is 2.83. The van der Waals surface area contributed by atoms with Crippen LogP contribution in [0, 0.1) is 0 Å². The Bertz CT molecular complexity index is 281. The van der Waals surface area contributed by atoms with Crippen molar-refractivity contribution in [1.82, 2.24) is 3.53 Å². The molecule has 5 heteroatoms. The van der Waals surface area contributed by atoms with Crippen LogP contribution in [0.15, 0.2) is 24.3 Å². The lowest BCUT2D eigenvalue weighted by atomic mass is 10.1. The molecular weight excluding hydrogens is 306 g/mol. The first-order valence-electron chi connectivity index (χ1n) is 4.03. The Morgan fingerprint density at radius 1 is 1.14 bits per heavy atom. The Kier molecular flexibility index (Phi) is 4.18. The summed E-state index contributed by atoms with van der Waals surface area (Å²) in [6.45, 7) is 0.756. The molecule has 0 radical (unpaired) electrons. The van der Waals surface area contributed by atoms with Crippen LogP contribution in [-0.2, 0) is 12.6 Å². The van der Waals surface area contributed by atoms with Gasteiger partial charge < -0.3 is 0 Å². The molecule has 0 aromatic heterocycles. The standard InChI is InChI=1S/C9H9F3IN/c10-9(11,12)8-3-1-7(2-4-8)5-6-14-13/h1-4,14H,5-6H2. The van der Waals surface area contributed by atoms with Gasteiger partial charge in [0.25, 0.3) is 0 Å². The van der Waals surface area contributed by atoms with Crippen molar-refractivity contribution in [2.24, 2.45) is 0 Å². The molecule has 0 saturated carbocycles. The molecule has 0 saturated heterocycles. The number of benzene rings is 1. The van der Waals surface area contributed by atoms with Gasteiger partial charge in [-0.25, -0.2) is 0 Å². The summed E-state index contributed by atoms with van der Waals surface area (Å²) in [4.78, 5) is 0. The number of halogens is 4. The molecule has 0 aliphatic carbocycles. The van der Waals surface area contributed by atoms with Gasteiger partial charge in [-0.3, -0.25) is 3.53 Å². The minimum Gasteiger partial charge on any atom is -0.261 e. The zero-order valence-electron chi connectivity index (χ0n) is 7.24. The summed E-state index contributed by atoms with van der Waals surface area (Å²) < 4.78 is 39.4. The molecule has 1 N–H and O–H groups in total. The van der Waals surface area contributed by atoms with E-state index in [4.69, 9.17) is 0 Å². The van der Waals surface area contributed by atoms with E-state index in [1.807, 2.05) is 22.9 Å². The molecule has 78 valence electrons. The third-order valence-electron chi connectivity index (χ3n) is 1.79. The van der Waals surface area contributed by atoms with Crippen LogP contribution >= 0.6 is 22.9 Å². The predicted molar refractivity (Wildman–Crippen MR) is 57.2 cm³/mol. The number of hydrogen-bond donors (Lipinski definition) is 1. The summed E-state index contributed by atoms with van der Waals surface area (Å²) in [5, 5.41) is 0. The summed E-state index contributed by atoms with van der Waals surface area (Å²) in [5.74, 6) is 0. The topological polar surface area (TPSA) is 12.0 Å². The van der Waals surface area contributed by atoms with E-state index in [1.54, 1.807) is 0 Å². The van der Waals surface area contributed by atoms with E-state index in [9.17, 15) is 13.2 Å². The minimum absolute atomic E-state index is 0.594. The van der Waals surface area contributed by atoms with Crippen molar-refractivity contribution < 1.29 is 13.2 Å². The molecule has 0 aliphatic heterocycles. The van der Waals surface area contributed by atoms with E-state index in [0.29, 0.717) is 0 Å². The molecule has 14 heavy (non-hydrogen) atoms. The second kappa shape index (κ2) is 4.97. The van der Waals surface area contributed by atoms with Gasteiger partial charge in [0.05, 0.1) is 5.56 Å². The first-order valence-corrected chi connectivity index (χ1v) is 5.11. The molecule has 1 rings (SSSR count). The van der Waals surface area contributed by atoms with Gasteiger partial charge in [-0.2, -0.15) is 13.2 Å². The normalized spacial score (nSPS) is 11.7. The predicted octanol–water partition coefficient (Wildman–Crippen LogP) is 3.19. The van der Waals surface area contributed by atoms with Crippen molar-refractivity contribution in [3.05, 3.63) is 35.4 Å². The average molecular weight is 315 g/mol. The maximum atomic E-state index is 12.2. The molecule has 1 aromatic rings. The van der Waals surface area contributed by atoms with Gasteiger partial charge in [-0.1, -0.05) is 12.1 Å². The van der Waals surface area contributed by atoms with E-state index in [1.165, 1.54) is 12.1 Å². The maximum absolute atomic E-state index is 12.2. The fourth-order valence-corrected chi connectivity index (χ4v) is 1.32. The molecule has 0 heterocycles. The highest BCUT2D eigenvalue weighted by molar-refractivity contribution is 14.1.